The minimum Gasteiger partial charge on any atom is -0.453 e. The van der Waals surface area contributed by atoms with E-state index < -0.39 is 9.76 Å². The average molecular weight is 149 g/mol. The number of hydrogen-bond donors (Lipinski definition) is 1. The quantitative estimate of drug-likeness (QED) is 0.415. The number of amides is 1. The summed E-state index contributed by atoms with van der Waals surface area (Å²) in [6.07, 6.45) is 0.239. The fourth-order valence-corrected chi connectivity index (χ4v) is 0.838. The predicted octanol–water partition coefficient (Wildman–Crippen LogP) is -0.970. The molecule has 0 saturated carbocycles. The van der Waals surface area contributed by atoms with Gasteiger partial charge in [0, 0.05) is 13.3 Å². The molecule has 0 unspecified atom stereocenters. The molecule has 0 rings (SSSR count). The Hall–Kier alpha value is -0.553. The molecule has 0 aromatic carbocycles. The highest BCUT2D eigenvalue weighted by Gasteiger charge is 1.94. The third-order valence-electron chi connectivity index (χ3n) is 0.761. The summed E-state index contributed by atoms with van der Waals surface area (Å²) in [5.74, 6) is 0. The molecule has 54 valence electrons. The van der Waals surface area contributed by atoms with Gasteiger partial charge in [-0.2, -0.15) is 0 Å². The standard InChI is InChI=1S/C4H11NO3Si/c1-7-4(6)5-3-9-8-2/h3,9H2,1-2H3,(H,5,6). The van der Waals surface area contributed by atoms with E-state index >= 15 is 0 Å². The molecule has 0 bridgehead atoms. The van der Waals surface area contributed by atoms with E-state index in [2.05, 4.69) is 10.1 Å². The van der Waals surface area contributed by atoms with Gasteiger partial charge in [0.1, 0.15) is 0 Å². The molecule has 4 nitrogen and oxygen atoms in total. The Balaban J connectivity index is 2.97. The summed E-state index contributed by atoms with van der Waals surface area (Å²) in [5.41, 5.74) is 0. The minimum absolute atomic E-state index is 0.389. The summed E-state index contributed by atoms with van der Waals surface area (Å²) in [5, 5.41) is 2.51. The van der Waals surface area contributed by atoms with Crippen molar-refractivity contribution in [1.29, 1.82) is 0 Å². The second-order valence-corrected chi connectivity index (χ2v) is 2.90. The van der Waals surface area contributed by atoms with E-state index in [1.54, 1.807) is 7.11 Å². The highest BCUT2D eigenvalue weighted by atomic mass is 28.2. The molecule has 0 radical (unpaired) electrons. The fourth-order valence-electron chi connectivity index (χ4n) is 0.327. The average Bonchev–Trinajstić information content (AvgIpc) is 1.89. The van der Waals surface area contributed by atoms with E-state index in [1.165, 1.54) is 7.11 Å². The lowest BCUT2D eigenvalue weighted by Crippen LogP contribution is -2.28. The number of hydrogen-bond acceptors (Lipinski definition) is 3. The fraction of sp³-hybridized carbons (Fsp3) is 0.750. The van der Waals surface area contributed by atoms with Gasteiger partial charge in [-0.1, -0.05) is 0 Å². The van der Waals surface area contributed by atoms with E-state index in [4.69, 9.17) is 4.43 Å². The summed E-state index contributed by atoms with van der Waals surface area (Å²) in [6.45, 7) is 0. The molecular weight excluding hydrogens is 138 g/mol. The van der Waals surface area contributed by atoms with Crippen LogP contribution in [0.4, 0.5) is 4.79 Å². The van der Waals surface area contributed by atoms with Crippen molar-refractivity contribution < 1.29 is 14.0 Å². The van der Waals surface area contributed by atoms with Gasteiger partial charge >= 0.3 is 6.09 Å². The maximum Gasteiger partial charge on any atom is 0.406 e. The number of carbonyl (C=O) groups is 1. The highest BCUT2D eigenvalue weighted by molar-refractivity contribution is 6.27. The van der Waals surface area contributed by atoms with Gasteiger partial charge in [-0.3, -0.25) is 0 Å². The lowest BCUT2D eigenvalue weighted by molar-refractivity contribution is 0.172. The predicted molar refractivity (Wildman–Crippen MR) is 36.0 cm³/mol. The van der Waals surface area contributed by atoms with Crippen molar-refractivity contribution in [3.05, 3.63) is 0 Å². The SMILES string of the molecule is CO[SiH2]CNC(=O)OC. The van der Waals surface area contributed by atoms with Gasteiger partial charge in [0.25, 0.3) is 0 Å². The zero-order valence-electron chi connectivity index (χ0n) is 5.64. The summed E-state index contributed by atoms with van der Waals surface area (Å²) in [6, 6.07) is 0. The molecule has 0 fully saturated rings. The highest BCUT2D eigenvalue weighted by Crippen LogP contribution is 1.68. The van der Waals surface area contributed by atoms with Gasteiger partial charge < -0.3 is 14.5 Å². The number of methoxy groups -OCH3 is 1. The zero-order valence-corrected chi connectivity index (χ0v) is 7.05. The molecule has 0 aliphatic rings. The van der Waals surface area contributed by atoms with Crippen LogP contribution in [-0.2, 0) is 9.16 Å². The Morgan fingerprint density at radius 1 is 1.67 bits per heavy atom. The van der Waals surface area contributed by atoms with Crippen molar-refractivity contribution in [2.75, 3.05) is 20.4 Å². The van der Waals surface area contributed by atoms with Crippen LogP contribution in [0.1, 0.15) is 0 Å². The number of ether oxygens (including phenoxy) is 1. The molecule has 9 heavy (non-hydrogen) atoms. The van der Waals surface area contributed by atoms with Crippen molar-refractivity contribution in [2.45, 2.75) is 0 Å². The molecule has 5 heteroatoms. The van der Waals surface area contributed by atoms with E-state index in [0.717, 1.165) is 0 Å². The van der Waals surface area contributed by atoms with Crippen LogP contribution in [0.3, 0.4) is 0 Å². The van der Waals surface area contributed by atoms with E-state index in [-0.39, 0.29) is 6.09 Å². The molecule has 0 heterocycles. The number of nitrogens with one attached hydrogen (secondary N) is 1. The van der Waals surface area contributed by atoms with Crippen LogP contribution >= 0.6 is 0 Å². The van der Waals surface area contributed by atoms with Gasteiger partial charge in [0.2, 0.25) is 0 Å². The Morgan fingerprint density at radius 3 is 2.78 bits per heavy atom. The van der Waals surface area contributed by atoms with Crippen LogP contribution in [0.15, 0.2) is 0 Å². The number of alkyl carbamates (subject to hydrolysis) is 1. The second kappa shape index (κ2) is 5.58. The molecule has 1 N–H and O–H groups in total. The molecule has 0 atom stereocenters. The first-order valence-corrected chi connectivity index (χ1v) is 4.19. The van der Waals surface area contributed by atoms with E-state index in [9.17, 15) is 4.79 Å². The van der Waals surface area contributed by atoms with Gasteiger partial charge in [0.15, 0.2) is 9.76 Å². The normalized spacial score (nSPS) is 10.0. The Labute approximate surface area is 56.5 Å². The van der Waals surface area contributed by atoms with Crippen molar-refractivity contribution in [2.24, 2.45) is 0 Å². The maximum absolute atomic E-state index is 10.3. The summed E-state index contributed by atoms with van der Waals surface area (Å²) >= 11 is 0. The topological polar surface area (TPSA) is 47.6 Å². The molecule has 0 saturated heterocycles. The van der Waals surface area contributed by atoms with Crippen LogP contribution in [0, 0.1) is 0 Å². The first-order valence-electron chi connectivity index (χ1n) is 2.62. The maximum atomic E-state index is 10.3. The first kappa shape index (κ1) is 8.45. The van der Waals surface area contributed by atoms with Crippen LogP contribution in [-0.4, -0.2) is 36.2 Å². The van der Waals surface area contributed by atoms with Crippen LogP contribution in [0.2, 0.25) is 0 Å². The van der Waals surface area contributed by atoms with Gasteiger partial charge in [-0.25, -0.2) is 4.79 Å². The molecule has 1 amide bonds. The summed E-state index contributed by atoms with van der Waals surface area (Å²) in [7, 11) is 2.42. The van der Waals surface area contributed by atoms with Gasteiger partial charge in [-0.05, 0) is 0 Å². The molecular formula is C4H11NO3Si. The largest absolute Gasteiger partial charge is 0.453 e. The zero-order chi connectivity index (χ0) is 7.11. The van der Waals surface area contributed by atoms with Crippen LogP contribution in [0.5, 0.6) is 0 Å². The number of carbonyl (C=O) groups excluding carboxylic acids is 1. The molecule has 0 aliphatic carbocycles. The smallest absolute Gasteiger partial charge is 0.406 e. The van der Waals surface area contributed by atoms with Crippen molar-refractivity contribution in [1.82, 2.24) is 5.32 Å². The summed E-state index contributed by atoms with van der Waals surface area (Å²) < 4.78 is 9.12. The van der Waals surface area contributed by atoms with Crippen molar-refractivity contribution >= 4 is 15.9 Å². The molecule has 0 aromatic heterocycles. The van der Waals surface area contributed by atoms with Gasteiger partial charge in [0.05, 0.1) is 7.11 Å². The first-order chi connectivity index (χ1) is 4.31. The second-order valence-electron chi connectivity index (χ2n) is 1.41. The van der Waals surface area contributed by atoms with Crippen LogP contribution < -0.4 is 5.32 Å². The third kappa shape index (κ3) is 5.32. The molecule has 0 spiro atoms. The lowest BCUT2D eigenvalue weighted by Gasteiger charge is -1.99. The van der Waals surface area contributed by atoms with E-state index in [0.29, 0.717) is 6.17 Å². The van der Waals surface area contributed by atoms with E-state index in [1.807, 2.05) is 0 Å². The van der Waals surface area contributed by atoms with Crippen molar-refractivity contribution in [3.63, 3.8) is 0 Å². The van der Waals surface area contributed by atoms with Gasteiger partial charge in [-0.15, -0.1) is 0 Å². The Kier molecular flexibility index (Phi) is 5.24. The molecule has 0 aromatic rings. The monoisotopic (exact) mass is 149 g/mol. The molecule has 0 aliphatic heterocycles. The Morgan fingerprint density at radius 2 is 2.33 bits per heavy atom. The van der Waals surface area contributed by atoms with Crippen molar-refractivity contribution in [3.8, 4) is 0 Å². The number of rotatable bonds is 3. The third-order valence-corrected chi connectivity index (χ3v) is 1.62. The Bertz CT molecular complexity index is 87.9. The lowest BCUT2D eigenvalue weighted by atomic mass is 11.1. The summed E-state index contributed by atoms with van der Waals surface area (Å²) in [4.78, 5) is 10.3. The van der Waals surface area contributed by atoms with Crippen LogP contribution in [0.25, 0.3) is 0 Å². The minimum atomic E-state index is -0.542.